The first-order valence-corrected chi connectivity index (χ1v) is 21.9. The maximum Gasteiger partial charge on any atom is 0.416 e. The molecule has 0 fully saturated rings. The Labute approximate surface area is 423 Å². The number of para-hydroxylation sites is 1. The summed E-state index contributed by atoms with van der Waals surface area (Å²) in [7, 11) is 0. The van der Waals surface area contributed by atoms with Crippen molar-refractivity contribution in [2.45, 2.75) is 69.3 Å². The first-order valence-electron chi connectivity index (χ1n) is 21.9. The quantitative estimate of drug-likeness (QED) is 0.0643. The molecule has 0 radical (unpaired) electrons. The van der Waals surface area contributed by atoms with Gasteiger partial charge in [-0.25, -0.2) is 0 Å². The lowest BCUT2D eigenvalue weighted by Gasteiger charge is -2.46. The van der Waals surface area contributed by atoms with Crippen LogP contribution in [-0.4, -0.2) is 11.9 Å². The van der Waals surface area contributed by atoms with Crippen LogP contribution in [0.3, 0.4) is 0 Å². The molecule has 7 rings (SSSR count). The van der Waals surface area contributed by atoms with Gasteiger partial charge in [0.2, 0.25) is 17.8 Å². The molecular weight excluding hydrogens is 1110 g/mol. The summed E-state index contributed by atoms with van der Waals surface area (Å²) in [6, 6.07) is 13.1. The second-order valence-corrected chi connectivity index (χ2v) is 17.3. The Hall–Kier alpha value is -7.22. The van der Waals surface area contributed by atoms with Gasteiger partial charge in [0, 0.05) is 29.5 Å². The van der Waals surface area contributed by atoms with Crippen LogP contribution in [0.25, 0.3) is 10.9 Å². The van der Waals surface area contributed by atoms with Crippen LogP contribution >= 0.6 is 0 Å². The normalized spacial score (nSPS) is 13.3. The van der Waals surface area contributed by atoms with Gasteiger partial charge in [-0.2, -0.15) is 132 Å². The summed E-state index contributed by atoms with van der Waals surface area (Å²) in [6.07, 6.45) is -53.9. The number of carbonyl (C=O) groups is 1. The Morgan fingerprint density at radius 2 is 0.628 bits per heavy atom. The third-order valence-electron chi connectivity index (χ3n) is 12.2. The Morgan fingerprint density at radius 3 is 0.897 bits per heavy atom. The smallest absolute Gasteiger partial charge is 0.287 e. The average Bonchev–Trinajstić information content (AvgIpc) is 3.32. The number of nitrogens with zero attached hydrogens (tertiary/aromatic N) is 1. The lowest BCUT2D eigenvalue weighted by Crippen LogP contribution is -2.75. The van der Waals surface area contributed by atoms with Crippen LogP contribution in [0.15, 0.2) is 140 Å². The van der Waals surface area contributed by atoms with Gasteiger partial charge in [-0.15, -0.1) is 0 Å². The van der Waals surface area contributed by atoms with E-state index in [0.29, 0.717) is 6.54 Å². The molecule has 27 heteroatoms. The van der Waals surface area contributed by atoms with E-state index >= 15 is 0 Å². The SMILES string of the molecule is CCc1ccc2ccccc2[n+]1CC(=O)c1ccccc1.FC(F)(F)c1cc([B-](c2cc(C(F)(F)F)cc(C(F)(F)F)c2)(c2cc(C(F)(F)F)cc(C(F)(F)F)c2)c2cc(C(F)(F)F)cc(C(F)(F)F)c2)cc(C(F)(F)F)c1. The van der Waals surface area contributed by atoms with Crippen LogP contribution in [0, 0.1) is 0 Å². The topological polar surface area (TPSA) is 20.9 Å². The Balaban J connectivity index is 0.000000387. The number of hydrogen-bond acceptors (Lipinski definition) is 1. The number of carbonyl (C=O) groups excluding carboxylic acids is 1. The molecule has 78 heavy (non-hydrogen) atoms. The van der Waals surface area contributed by atoms with Gasteiger partial charge in [0.15, 0.2) is 5.69 Å². The number of pyridine rings is 1. The number of ketones is 1. The summed E-state index contributed by atoms with van der Waals surface area (Å²) in [5, 5.41) is 1.16. The van der Waals surface area contributed by atoms with Crippen molar-refractivity contribution in [2.24, 2.45) is 0 Å². The fraction of sp³-hybridized carbons (Fsp3) is 0.216. The Morgan fingerprint density at radius 1 is 0.359 bits per heavy atom. The molecule has 0 spiro atoms. The third kappa shape index (κ3) is 13.2. The van der Waals surface area contributed by atoms with E-state index in [1.54, 1.807) is 0 Å². The van der Waals surface area contributed by atoms with Gasteiger partial charge in [0.1, 0.15) is 6.15 Å². The standard InChI is InChI=1S/C32H12BF24.C19H18NO/c34-25(35,36)13-1-14(26(37,38)39)6-21(5-13)33(22-7-15(27(40,41)42)2-16(8-22)28(43,44)45,23-9-17(29(46,47)48)3-18(10-23)30(49,50)51)24-11-19(31(52,53)54)4-20(12-24)32(55,56)57;1-2-17-13-12-15-8-6-7-11-18(15)20(17)14-19(21)16-9-4-3-5-10-16/h1-12H;3-13H,2,14H2,1H3/q-1;+1. The fourth-order valence-electron chi connectivity index (χ4n) is 8.73. The van der Waals surface area contributed by atoms with Crippen LogP contribution in [-0.2, 0) is 62.4 Å². The van der Waals surface area contributed by atoms with Gasteiger partial charge < -0.3 is 0 Å². The van der Waals surface area contributed by atoms with Gasteiger partial charge in [-0.3, -0.25) is 4.79 Å². The molecular formula is C51H30BF24NO. The lowest BCUT2D eigenvalue weighted by molar-refractivity contribution is -0.664. The minimum Gasteiger partial charge on any atom is -0.287 e. The average molecular weight is 1140 g/mol. The zero-order valence-corrected chi connectivity index (χ0v) is 38.7. The van der Waals surface area contributed by atoms with Gasteiger partial charge in [-0.05, 0) is 36.4 Å². The monoisotopic (exact) mass is 1140 g/mol. The second kappa shape index (κ2) is 20.9. The van der Waals surface area contributed by atoms with Crippen molar-refractivity contribution in [3.63, 3.8) is 0 Å². The second-order valence-electron chi connectivity index (χ2n) is 17.3. The first-order chi connectivity index (χ1) is 35.6. The molecule has 0 aliphatic heterocycles. The highest BCUT2D eigenvalue weighted by atomic mass is 19.4. The molecule has 0 unspecified atom stereocenters. The number of aromatic nitrogens is 1. The summed E-state index contributed by atoms with van der Waals surface area (Å²) >= 11 is 0. The molecule has 0 amide bonds. The maximum absolute atomic E-state index is 14.2. The minimum absolute atomic E-state index is 0.145. The summed E-state index contributed by atoms with van der Waals surface area (Å²) in [5.41, 5.74) is -27.1. The fourth-order valence-corrected chi connectivity index (χ4v) is 8.73. The molecule has 0 bridgehead atoms. The van der Waals surface area contributed by atoms with E-state index in [4.69, 9.17) is 0 Å². The summed E-state index contributed by atoms with van der Waals surface area (Å²) in [6.45, 7) is 2.50. The van der Waals surface area contributed by atoms with Crippen molar-refractivity contribution in [2.75, 3.05) is 0 Å². The number of rotatable bonds is 8. The van der Waals surface area contributed by atoms with Gasteiger partial charge >= 0.3 is 49.4 Å². The molecule has 7 aromatic rings. The van der Waals surface area contributed by atoms with Gasteiger partial charge in [-0.1, -0.05) is 97.9 Å². The predicted molar refractivity (Wildman–Crippen MR) is 234 cm³/mol. The molecule has 2 nitrogen and oxygen atoms in total. The molecule has 0 atom stereocenters. The molecule has 0 aliphatic rings. The number of Topliss-reactive ketones (excluding diaryl/α,β-unsaturated/α-hetero) is 1. The van der Waals surface area contributed by atoms with Crippen LogP contribution in [0.1, 0.15) is 67.5 Å². The molecule has 416 valence electrons. The van der Waals surface area contributed by atoms with Crippen LogP contribution < -0.4 is 26.4 Å². The van der Waals surface area contributed by atoms with Gasteiger partial charge in [0.05, 0.1) is 44.5 Å². The van der Waals surface area contributed by atoms with Crippen molar-refractivity contribution in [3.05, 3.63) is 195 Å². The Kier molecular flexibility index (Phi) is 16.1. The number of benzene rings is 6. The molecule has 0 aliphatic carbocycles. The molecule has 1 aromatic heterocycles. The van der Waals surface area contributed by atoms with E-state index in [0.717, 1.165) is 22.9 Å². The number of hydrogen-bond donors (Lipinski definition) is 0. The van der Waals surface area contributed by atoms with Crippen molar-refractivity contribution < 1.29 is 115 Å². The van der Waals surface area contributed by atoms with Gasteiger partial charge in [0.25, 0.3) is 0 Å². The zero-order chi connectivity index (χ0) is 58.6. The minimum atomic E-state index is -6.13. The van der Waals surface area contributed by atoms with Crippen molar-refractivity contribution in [3.8, 4) is 0 Å². The van der Waals surface area contributed by atoms with Crippen LogP contribution in [0.2, 0.25) is 0 Å². The van der Waals surface area contributed by atoms with Crippen molar-refractivity contribution in [1.29, 1.82) is 0 Å². The predicted octanol–water partition coefficient (Wildman–Crippen LogP) is 14.8. The van der Waals surface area contributed by atoms with E-state index in [1.807, 2.05) is 42.5 Å². The van der Waals surface area contributed by atoms with Crippen LogP contribution in [0.4, 0.5) is 105 Å². The number of aryl methyl sites for hydroxylation is 1. The van der Waals surface area contributed by atoms with E-state index < -0.39 is 195 Å². The van der Waals surface area contributed by atoms with E-state index in [2.05, 4.69) is 35.8 Å². The maximum atomic E-state index is 14.2. The number of fused-ring (bicyclic) bond motifs is 1. The zero-order valence-electron chi connectivity index (χ0n) is 38.7. The highest BCUT2D eigenvalue weighted by Crippen LogP contribution is 2.41. The third-order valence-corrected chi connectivity index (χ3v) is 12.2. The molecule has 0 saturated heterocycles. The van der Waals surface area contributed by atoms with Crippen molar-refractivity contribution >= 4 is 44.7 Å². The van der Waals surface area contributed by atoms with E-state index in [9.17, 15) is 110 Å². The van der Waals surface area contributed by atoms with Crippen molar-refractivity contribution in [1.82, 2.24) is 0 Å². The summed E-state index contributed by atoms with van der Waals surface area (Å²) in [4.78, 5) is 12.5. The largest absolute Gasteiger partial charge is 0.416 e. The lowest BCUT2D eigenvalue weighted by atomic mass is 9.12. The summed E-state index contributed by atoms with van der Waals surface area (Å²) in [5.74, 6) is 0.145. The van der Waals surface area contributed by atoms with E-state index in [-0.39, 0.29) is 5.78 Å². The first kappa shape index (κ1) is 60.0. The summed E-state index contributed by atoms with van der Waals surface area (Å²) < 4.78 is 343. The Bertz CT molecular complexity index is 2890. The molecule has 0 saturated carbocycles. The highest BCUT2D eigenvalue weighted by molar-refractivity contribution is 7.20. The number of halogens is 24. The van der Waals surface area contributed by atoms with E-state index in [1.165, 1.54) is 5.69 Å². The van der Waals surface area contributed by atoms with Crippen LogP contribution in [0.5, 0.6) is 0 Å². The molecule has 1 heterocycles. The molecule has 6 aromatic carbocycles. The highest BCUT2D eigenvalue weighted by Gasteiger charge is 2.47. The number of alkyl halides is 24. The molecule has 0 N–H and O–H groups in total.